The minimum atomic E-state index is -0.250. The van der Waals surface area contributed by atoms with E-state index in [4.69, 9.17) is 5.73 Å². The van der Waals surface area contributed by atoms with Gasteiger partial charge in [0, 0.05) is 0 Å². The first-order chi connectivity index (χ1) is 10.2. The Morgan fingerprint density at radius 3 is 2.38 bits per heavy atom. The maximum absolute atomic E-state index is 12.0. The molecule has 2 heteroatoms. The molecule has 110 valence electrons. The van der Waals surface area contributed by atoms with Crippen molar-refractivity contribution in [1.82, 2.24) is 0 Å². The number of rotatable bonds is 7. The van der Waals surface area contributed by atoms with Crippen molar-refractivity contribution >= 4 is 5.91 Å². The summed E-state index contributed by atoms with van der Waals surface area (Å²) in [4.78, 5) is 12.0. The first-order valence-electron chi connectivity index (χ1n) is 7.63. The summed E-state index contributed by atoms with van der Waals surface area (Å²) in [5.41, 5.74) is 9.15. The fourth-order valence-corrected chi connectivity index (χ4v) is 2.68. The predicted molar refractivity (Wildman–Crippen MR) is 87.1 cm³/mol. The number of hydrogen-bond donors (Lipinski definition) is 1. The summed E-state index contributed by atoms with van der Waals surface area (Å²) in [6, 6.07) is 18.3. The Morgan fingerprint density at radius 2 is 1.71 bits per heavy atom. The fourth-order valence-electron chi connectivity index (χ4n) is 2.68. The van der Waals surface area contributed by atoms with Gasteiger partial charge in [0.15, 0.2) is 0 Å². The molecular formula is C19H23NO. The minimum absolute atomic E-state index is 0.247. The van der Waals surface area contributed by atoms with E-state index in [1.54, 1.807) is 0 Å². The zero-order valence-corrected chi connectivity index (χ0v) is 12.6. The molecule has 0 heterocycles. The van der Waals surface area contributed by atoms with Gasteiger partial charge in [-0.1, -0.05) is 67.9 Å². The number of benzene rings is 2. The highest BCUT2D eigenvalue weighted by atomic mass is 16.1. The monoisotopic (exact) mass is 281 g/mol. The van der Waals surface area contributed by atoms with Gasteiger partial charge in [-0.25, -0.2) is 0 Å². The van der Waals surface area contributed by atoms with E-state index in [2.05, 4.69) is 13.0 Å². The van der Waals surface area contributed by atoms with Crippen LogP contribution in [0.3, 0.4) is 0 Å². The second-order valence-electron chi connectivity index (χ2n) is 5.45. The third-order valence-corrected chi connectivity index (χ3v) is 3.86. The maximum atomic E-state index is 12.0. The van der Waals surface area contributed by atoms with Gasteiger partial charge in [0.25, 0.3) is 0 Å². The van der Waals surface area contributed by atoms with Crippen LogP contribution in [0.5, 0.6) is 0 Å². The number of nitrogens with two attached hydrogens (primary N) is 1. The number of carbonyl (C=O) groups excluding carboxylic acids is 1. The van der Waals surface area contributed by atoms with Crippen LogP contribution >= 0.6 is 0 Å². The number of hydrogen-bond acceptors (Lipinski definition) is 1. The predicted octanol–water partition coefficient (Wildman–Crippen LogP) is 3.84. The molecule has 0 aliphatic heterocycles. The van der Waals surface area contributed by atoms with Gasteiger partial charge < -0.3 is 5.73 Å². The van der Waals surface area contributed by atoms with Crippen molar-refractivity contribution in [3.63, 3.8) is 0 Å². The van der Waals surface area contributed by atoms with Crippen LogP contribution in [-0.4, -0.2) is 5.91 Å². The van der Waals surface area contributed by atoms with Crippen LogP contribution < -0.4 is 5.73 Å². The molecule has 0 bridgehead atoms. The van der Waals surface area contributed by atoms with E-state index in [0.29, 0.717) is 6.42 Å². The van der Waals surface area contributed by atoms with E-state index >= 15 is 0 Å². The van der Waals surface area contributed by atoms with Gasteiger partial charge in [-0.15, -0.1) is 0 Å². The summed E-state index contributed by atoms with van der Waals surface area (Å²) in [5.74, 6) is -0.497. The second kappa shape index (κ2) is 7.63. The van der Waals surface area contributed by atoms with E-state index in [9.17, 15) is 4.79 Å². The molecule has 2 N–H and O–H groups in total. The molecule has 0 saturated heterocycles. The molecule has 1 atom stereocenters. The van der Waals surface area contributed by atoms with Crippen LogP contribution in [0.15, 0.2) is 54.6 Å². The van der Waals surface area contributed by atoms with E-state index in [0.717, 1.165) is 30.4 Å². The van der Waals surface area contributed by atoms with Crippen molar-refractivity contribution in [3.05, 3.63) is 71.3 Å². The first kappa shape index (κ1) is 15.3. The first-order valence-corrected chi connectivity index (χ1v) is 7.63. The average Bonchev–Trinajstić information content (AvgIpc) is 2.52. The molecule has 0 aromatic heterocycles. The minimum Gasteiger partial charge on any atom is -0.369 e. The molecule has 0 spiro atoms. The molecule has 0 radical (unpaired) electrons. The lowest BCUT2D eigenvalue weighted by molar-refractivity contribution is -0.119. The number of primary amides is 1. The summed E-state index contributed by atoms with van der Waals surface area (Å²) in [6.07, 6.45) is 3.95. The van der Waals surface area contributed by atoms with Gasteiger partial charge in [0.2, 0.25) is 5.91 Å². The molecule has 2 aromatic carbocycles. The molecular weight excluding hydrogens is 258 g/mol. The van der Waals surface area contributed by atoms with E-state index in [1.165, 1.54) is 5.56 Å². The van der Waals surface area contributed by atoms with Gasteiger partial charge >= 0.3 is 0 Å². The van der Waals surface area contributed by atoms with Gasteiger partial charge in [-0.05, 0) is 36.0 Å². The van der Waals surface area contributed by atoms with Crippen molar-refractivity contribution < 1.29 is 4.79 Å². The Labute approximate surface area is 127 Å². The van der Waals surface area contributed by atoms with Crippen molar-refractivity contribution in [3.8, 4) is 0 Å². The highest BCUT2D eigenvalue weighted by Gasteiger charge is 2.20. The summed E-state index contributed by atoms with van der Waals surface area (Å²) in [7, 11) is 0. The molecule has 21 heavy (non-hydrogen) atoms. The SMILES string of the molecule is CCCCc1ccccc1C(Cc1ccccc1)C(N)=O. The Hall–Kier alpha value is -2.09. The number of carbonyl (C=O) groups is 1. The van der Waals surface area contributed by atoms with Crippen LogP contribution in [0, 0.1) is 0 Å². The smallest absolute Gasteiger partial charge is 0.225 e. The normalized spacial score (nSPS) is 12.0. The lowest BCUT2D eigenvalue weighted by atomic mass is 9.87. The third kappa shape index (κ3) is 4.19. The Bertz CT molecular complexity index is 577. The summed E-state index contributed by atoms with van der Waals surface area (Å²) >= 11 is 0. The fraction of sp³-hybridized carbons (Fsp3) is 0.316. The lowest BCUT2D eigenvalue weighted by Crippen LogP contribution is -2.24. The molecule has 2 nitrogen and oxygen atoms in total. The topological polar surface area (TPSA) is 43.1 Å². The van der Waals surface area contributed by atoms with E-state index in [1.807, 2.05) is 48.5 Å². The molecule has 0 fully saturated rings. The van der Waals surface area contributed by atoms with Gasteiger partial charge in [-0.2, -0.15) is 0 Å². The van der Waals surface area contributed by atoms with Crippen molar-refractivity contribution in [2.75, 3.05) is 0 Å². The molecule has 0 aliphatic rings. The quantitative estimate of drug-likeness (QED) is 0.823. The maximum Gasteiger partial charge on any atom is 0.225 e. The largest absolute Gasteiger partial charge is 0.369 e. The summed E-state index contributed by atoms with van der Waals surface area (Å²) in [6.45, 7) is 2.18. The zero-order chi connectivity index (χ0) is 15.1. The molecule has 1 unspecified atom stereocenters. The molecule has 1 amide bonds. The molecule has 0 aliphatic carbocycles. The zero-order valence-electron chi connectivity index (χ0n) is 12.6. The average molecular weight is 281 g/mol. The van der Waals surface area contributed by atoms with Crippen molar-refractivity contribution in [1.29, 1.82) is 0 Å². The Kier molecular flexibility index (Phi) is 5.56. The summed E-state index contributed by atoms with van der Waals surface area (Å²) < 4.78 is 0. The summed E-state index contributed by atoms with van der Waals surface area (Å²) in [5, 5.41) is 0. The molecule has 0 saturated carbocycles. The molecule has 2 aromatic rings. The number of unbranched alkanes of at least 4 members (excludes halogenated alkanes) is 1. The van der Waals surface area contributed by atoms with Gasteiger partial charge in [-0.3, -0.25) is 4.79 Å². The van der Waals surface area contributed by atoms with Gasteiger partial charge in [0.05, 0.1) is 5.92 Å². The molecule has 2 rings (SSSR count). The van der Waals surface area contributed by atoms with Crippen molar-refractivity contribution in [2.24, 2.45) is 5.73 Å². The lowest BCUT2D eigenvalue weighted by Gasteiger charge is -2.18. The number of aryl methyl sites for hydroxylation is 1. The third-order valence-electron chi connectivity index (χ3n) is 3.86. The van der Waals surface area contributed by atoms with E-state index in [-0.39, 0.29) is 11.8 Å². The van der Waals surface area contributed by atoms with Crippen LogP contribution in [0.1, 0.15) is 42.4 Å². The van der Waals surface area contributed by atoms with Crippen LogP contribution in [0.25, 0.3) is 0 Å². The highest BCUT2D eigenvalue weighted by Crippen LogP contribution is 2.25. The van der Waals surface area contributed by atoms with Crippen LogP contribution in [0.4, 0.5) is 0 Å². The van der Waals surface area contributed by atoms with Crippen molar-refractivity contribution in [2.45, 2.75) is 38.5 Å². The second-order valence-corrected chi connectivity index (χ2v) is 5.45. The number of amides is 1. The van der Waals surface area contributed by atoms with Crippen LogP contribution in [0.2, 0.25) is 0 Å². The Balaban J connectivity index is 2.28. The highest BCUT2D eigenvalue weighted by molar-refractivity contribution is 5.82. The van der Waals surface area contributed by atoms with E-state index < -0.39 is 0 Å². The van der Waals surface area contributed by atoms with Gasteiger partial charge in [0.1, 0.15) is 0 Å². The van der Waals surface area contributed by atoms with Crippen LogP contribution in [-0.2, 0) is 17.6 Å². The Morgan fingerprint density at radius 1 is 1.05 bits per heavy atom. The standard InChI is InChI=1S/C19H23NO/c1-2-3-11-16-12-7-8-13-17(16)18(19(20)21)14-15-9-5-4-6-10-15/h4-10,12-13,18H,2-3,11,14H2,1H3,(H2,20,21).